The first-order valence-corrected chi connectivity index (χ1v) is 6.22. The Morgan fingerprint density at radius 1 is 1.53 bits per heavy atom. The van der Waals surface area contributed by atoms with Gasteiger partial charge in [-0.05, 0) is 17.7 Å². The molecule has 1 fully saturated rings. The zero-order valence-electron chi connectivity index (χ0n) is 9.90. The van der Waals surface area contributed by atoms with Gasteiger partial charge in [0.2, 0.25) is 5.28 Å². The largest absolute Gasteiger partial charge is 0.394 e. The fraction of sp³-hybridized carbons (Fsp3) is 0.455. The minimum Gasteiger partial charge on any atom is -0.394 e. The third-order valence-corrected chi connectivity index (χ3v) is 3.44. The molecule has 3 heterocycles. The summed E-state index contributed by atoms with van der Waals surface area (Å²) in [6, 6.07) is 1.77. The monoisotopic (exact) mass is 284 g/mol. The number of ether oxygens (including phenoxy) is 1. The lowest BCUT2D eigenvalue weighted by Crippen LogP contribution is -2.24. The number of anilines is 1. The Morgan fingerprint density at radius 3 is 3.00 bits per heavy atom. The number of aliphatic hydroxyl groups is 2. The van der Waals surface area contributed by atoms with Gasteiger partial charge in [0.1, 0.15) is 23.8 Å². The standard InChI is InChI=1S/C11H13ClN4O3/c12-11-14-9(13)5-1-2-16(10(5)15-11)8-3-6(18)7(4-17)19-8/h1-2,6-8,17-18H,3-4H2,(H2,13,14,15)/t6?,7-,8-/m1/s1. The second-order valence-corrected chi connectivity index (χ2v) is 4.79. The van der Waals surface area contributed by atoms with Gasteiger partial charge >= 0.3 is 0 Å². The molecule has 8 heteroatoms. The minimum absolute atomic E-state index is 0.0576. The van der Waals surface area contributed by atoms with Gasteiger partial charge in [-0.25, -0.2) is 4.98 Å². The lowest BCUT2D eigenvalue weighted by atomic mass is 10.2. The molecule has 1 unspecified atom stereocenters. The summed E-state index contributed by atoms with van der Waals surface area (Å²) in [7, 11) is 0. The van der Waals surface area contributed by atoms with E-state index in [1.54, 1.807) is 16.8 Å². The van der Waals surface area contributed by atoms with Crippen LogP contribution in [0.2, 0.25) is 5.28 Å². The van der Waals surface area contributed by atoms with E-state index >= 15 is 0 Å². The van der Waals surface area contributed by atoms with Crippen molar-refractivity contribution in [1.29, 1.82) is 0 Å². The Labute approximate surface area is 113 Å². The lowest BCUT2D eigenvalue weighted by molar-refractivity contribution is -0.0430. The quantitative estimate of drug-likeness (QED) is 0.685. The van der Waals surface area contributed by atoms with Gasteiger partial charge in [0, 0.05) is 12.6 Å². The SMILES string of the molecule is Nc1nc(Cl)nc2c1ccn2[C@H]1CC(O)[C@@H](CO)O1. The van der Waals surface area contributed by atoms with Crippen molar-refractivity contribution in [3.8, 4) is 0 Å². The molecule has 4 N–H and O–H groups in total. The molecule has 2 aromatic heterocycles. The fourth-order valence-electron chi connectivity index (χ4n) is 2.31. The molecule has 7 nitrogen and oxygen atoms in total. The Balaban J connectivity index is 2.02. The molecule has 1 saturated heterocycles. The van der Waals surface area contributed by atoms with Gasteiger partial charge in [-0.15, -0.1) is 0 Å². The van der Waals surface area contributed by atoms with E-state index < -0.39 is 18.4 Å². The van der Waals surface area contributed by atoms with Crippen molar-refractivity contribution in [2.24, 2.45) is 0 Å². The van der Waals surface area contributed by atoms with Crippen LogP contribution in [-0.2, 0) is 4.74 Å². The van der Waals surface area contributed by atoms with Crippen molar-refractivity contribution in [3.05, 3.63) is 17.5 Å². The molecular weight excluding hydrogens is 272 g/mol. The van der Waals surface area contributed by atoms with Gasteiger partial charge in [-0.1, -0.05) is 0 Å². The third kappa shape index (κ3) is 2.04. The Morgan fingerprint density at radius 2 is 2.32 bits per heavy atom. The zero-order valence-corrected chi connectivity index (χ0v) is 10.7. The van der Waals surface area contributed by atoms with Crippen LogP contribution < -0.4 is 5.73 Å². The fourth-order valence-corrected chi connectivity index (χ4v) is 2.48. The second kappa shape index (κ2) is 4.61. The summed E-state index contributed by atoms with van der Waals surface area (Å²) < 4.78 is 7.31. The first kappa shape index (κ1) is 12.6. The lowest BCUT2D eigenvalue weighted by Gasteiger charge is -2.14. The first-order valence-electron chi connectivity index (χ1n) is 5.84. The van der Waals surface area contributed by atoms with Crippen molar-refractivity contribution in [2.75, 3.05) is 12.3 Å². The Hall–Kier alpha value is -1.41. The van der Waals surface area contributed by atoms with Gasteiger partial charge in [-0.2, -0.15) is 4.98 Å². The van der Waals surface area contributed by atoms with E-state index in [0.29, 0.717) is 23.3 Å². The highest BCUT2D eigenvalue weighted by molar-refractivity contribution is 6.28. The van der Waals surface area contributed by atoms with Crippen molar-refractivity contribution in [3.63, 3.8) is 0 Å². The number of nitrogens with two attached hydrogens (primary N) is 1. The van der Waals surface area contributed by atoms with Crippen LogP contribution in [0.4, 0.5) is 5.82 Å². The van der Waals surface area contributed by atoms with E-state index in [1.165, 1.54) is 0 Å². The molecule has 0 amide bonds. The molecule has 0 radical (unpaired) electrons. The van der Waals surface area contributed by atoms with Gasteiger partial charge in [0.15, 0.2) is 0 Å². The molecule has 0 aromatic carbocycles. The minimum atomic E-state index is -0.706. The predicted molar refractivity (Wildman–Crippen MR) is 68.6 cm³/mol. The molecule has 2 aromatic rings. The number of aromatic nitrogens is 3. The van der Waals surface area contributed by atoms with Crippen molar-refractivity contribution < 1.29 is 14.9 Å². The van der Waals surface area contributed by atoms with Crippen LogP contribution in [-0.4, -0.2) is 43.6 Å². The molecule has 0 aliphatic carbocycles. The number of fused-ring (bicyclic) bond motifs is 1. The van der Waals surface area contributed by atoms with E-state index in [1.807, 2.05) is 0 Å². The van der Waals surface area contributed by atoms with Crippen LogP contribution in [0.3, 0.4) is 0 Å². The molecule has 3 rings (SSSR count). The van der Waals surface area contributed by atoms with Gasteiger partial charge < -0.3 is 25.3 Å². The molecule has 0 spiro atoms. The van der Waals surface area contributed by atoms with E-state index in [2.05, 4.69) is 9.97 Å². The molecule has 0 bridgehead atoms. The molecule has 1 aliphatic heterocycles. The summed E-state index contributed by atoms with van der Waals surface area (Å²) in [6.45, 7) is -0.227. The molecule has 0 saturated carbocycles. The van der Waals surface area contributed by atoms with Crippen LogP contribution in [0.5, 0.6) is 0 Å². The maximum Gasteiger partial charge on any atom is 0.226 e. The second-order valence-electron chi connectivity index (χ2n) is 4.45. The Kier molecular flexibility index (Phi) is 3.06. The normalized spacial score (nSPS) is 27.2. The first-order chi connectivity index (χ1) is 9.10. The number of rotatable bonds is 2. The maximum absolute atomic E-state index is 9.76. The topological polar surface area (TPSA) is 106 Å². The summed E-state index contributed by atoms with van der Waals surface area (Å²) in [5.41, 5.74) is 6.32. The van der Waals surface area contributed by atoms with E-state index in [-0.39, 0.29) is 11.9 Å². The number of aliphatic hydroxyl groups excluding tert-OH is 2. The molecule has 102 valence electrons. The summed E-state index contributed by atoms with van der Waals surface area (Å²) in [6.07, 6.45) is 0.425. The van der Waals surface area contributed by atoms with Crippen LogP contribution >= 0.6 is 11.6 Å². The van der Waals surface area contributed by atoms with Gasteiger partial charge in [0.05, 0.1) is 18.1 Å². The Bertz CT molecular complexity index is 617. The van der Waals surface area contributed by atoms with Crippen LogP contribution in [0.15, 0.2) is 12.3 Å². The highest BCUT2D eigenvalue weighted by atomic mass is 35.5. The van der Waals surface area contributed by atoms with Gasteiger partial charge in [0.25, 0.3) is 0 Å². The van der Waals surface area contributed by atoms with Crippen LogP contribution in [0.1, 0.15) is 12.6 Å². The molecular formula is C11H13ClN4O3. The smallest absolute Gasteiger partial charge is 0.226 e. The number of nitrogens with zero attached hydrogens (tertiary/aromatic N) is 3. The highest BCUT2D eigenvalue weighted by Gasteiger charge is 2.35. The van der Waals surface area contributed by atoms with Crippen LogP contribution in [0.25, 0.3) is 11.0 Å². The predicted octanol–water partition coefficient (Wildman–Crippen LogP) is 0.308. The van der Waals surface area contributed by atoms with E-state index in [9.17, 15) is 5.11 Å². The molecule has 1 aliphatic rings. The number of nitrogen functional groups attached to an aromatic ring is 1. The van der Waals surface area contributed by atoms with Crippen molar-refractivity contribution in [1.82, 2.24) is 14.5 Å². The summed E-state index contributed by atoms with van der Waals surface area (Å²) >= 11 is 5.80. The highest BCUT2D eigenvalue weighted by Crippen LogP contribution is 2.32. The zero-order chi connectivity index (χ0) is 13.6. The number of hydrogen-bond donors (Lipinski definition) is 3. The van der Waals surface area contributed by atoms with Crippen molar-refractivity contribution in [2.45, 2.75) is 24.9 Å². The molecule has 3 atom stereocenters. The summed E-state index contributed by atoms with van der Waals surface area (Å²) in [4.78, 5) is 8.01. The average molecular weight is 285 g/mol. The summed E-state index contributed by atoms with van der Waals surface area (Å²) in [5, 5.41) is 19.6. The van der Waals surface area contributed by atoms with Crippen LogP contribution in [0, 0.1) is 0 Å². The summed E-state index contributed by atoms with van der Waals surface area (Å²) in [5.74, 6) is 0.297. The molecule has 19 heavy (non-hydrogen) atoms. The maximum atomic E-state index is 9.76. The van der Waals surface area contributed by atoms with E-state index in [0.717, 1.165) is 0 Å². The third-order valence-electron chi connectivity index (χ3n) is 3.27. The van der Waals surface area contributed by atoms with E-state index in [4.69, 9.17) is 27.2 Å². The van der Waals surface area contributed by atoms with Gasteiger partial charge in [-0.3, -0.25) is 0 Å². The average Bonchev–Trinajstić information content (AvgIpc) is 2.92. The van der Waals surface area contributed by atoms with Crippen molar-refractivity contribution >= 4 is 28.5 Å². The number of halogens is 1. The number of hydrogen-bond acceptors (Lipinski definition) is 6.